The number of aliphatic hydroxyl groups excluding tert-OH is 4. The first kappa shape index (κ1) is 31.9. The summed E-state index contributed by atoms with van der Waals surface area (Å²) in [5.74, 6) is -6.80. The maximum absolute atomic E-state index is 13.3. The molecule has 3 aliphatic rings. The van der Waals surface area contributed by atoms with E-state index in [1.807, 2.05) is 0 Å². The molecular weight excluding hydrogens is 580 g/mol. The number of carbonyl (C=O) groups excluding carboxylic acids is 2. The highest BCUT2D eigenvalue weighted by atomic mass is 16.8. The summed E-state index contributed by atoms with van der Waals surface area (Å²) in [5.41, 5.74) is -3.36. The Morgan fingerprint density at radius 1 is 1.07 bits per heavy atom. The van der Waals surface area contributed by atoms with Crippen LogP contribution in [0.4, 0.5) is 0 Å². The Morgan fingerprint density at radius 2 is 1.79 bits per heavy atom. The van der Waals surface area contributed by atoms with E-state index < -0.39 is 84.5 Å². The number of phenols is 1. The smallest absolute Gasteiger partial charge is 0.347 e. The summed E-state index contributed by atoms with van der Waals surface area (Å²) in [5, 5.41) is 71.2. The standard InChI is InChI=1S/C27H30O16/c1-38-16-7-11(3-4-15(16)29)13(22(33)34)9-41-26(36)27(37)6-5-12-14(23(35)39-2)10-40-24(18(12)27)43-25-21(32)20(31)19(30)17(8-28)42-25/h3-7,9-10,12,17-21,24-25,28-32,37H,8H2,1-2H3,(H,33,34)/b13-9-/t12-,17-,18-,19-,20+,21-,24+,25+,27+/m1/s1. The van der Waals surface area contributed by atoms with Crippen molar-refractivity contribution in [3.05, 3.63) is 54.0 Å². The molecule has 234 valence electrons. The molecule has 0 spiro atoms. The van der Waals surface area contributed by atoms with E-state index in [0.717, 1.165) is 25.5 Å². The van der Waals surface area contributed by atoms with Crippen molar-refractivity contribution >= 4 is 23.5 Å². The lowest BCUT2D eigenvalue weighted by Crippen LogP contribution is -2.61. The molecule has 0 unspecified atom stereocenters. The molecule has 1 aromatic rings. The SMILES string of the molecule is COC(=O)C1=CO[C@@H](O[C@@H]2O[C@H](CO)[C@@H](O)[C@H](O)[C@H]2O)[C@H]2[C@@H]1C=C[C@@]2(O)C(=O)O/C=C(\C(=O)O)c1ccc(O)c(OC)c1. The molecular formula is C27H30O16. The molecule has 1 aliphatic carbocycles. The molecule has 0 bridgehead atoms. The summed E-state index contributed by atoms with van der Waals surface area (Å²) >= 11 is 0. The van der Waals surface area contributed by atoms with E-state index in [1.54, 1.807) is 0 Å². The zero-order chi connectivity index (χ0) is 31.6. The van der Waals surface area contributed by atoms with E-state index in [-0.39, 0.29) is 22.6 Å². The van der Waals surface area contributed by atoms with E-state index in [1.165, 1.54) is 25.3 Å². The van der Waals surface area contributed by atoms with Crippen LogP contribution in [0.15, 0.2) is 48.4 Å². The molecule has 16 heteroatoms. The number of aromatic hydroxyl groups is 1. The first-order valence-corrected chi connectivity index (χ1v) is 12.7. The molecule has 1 saturated heterocycles. The summed E-state index contributed by atoms with van der Waals surface area (Å²) in [6, 6.07) is 3.56. The van der Waals surface area contributed by atoms with Gasteiger partial charge in [-0.1, -0.05) is 12.1 Å². The van der Waals surface area contributed by atoms with Crippen LogP contribution in [0.2, 0.25) is 0 Å². The molecule has 0 radical (unpaired) electrons. The van der Waals surface area contributed by atoms with Crippen molar-refractivity contribution in [1.82, 2.24) is 0 Å². The Bertz CT molecular complexity index is 1330. The van der Waals surface area contributed by atoms with Gasteiger partial charge in [0.1, 0.15) is 36.3 Å². The molecule has 2 heterocycles. The van der Waals surface area contributed by atoms with Crippen LogP contribution in [0.5, 0.6) is 11.5 Å². The van der Waals surface area contributed by atoms with Gasteiger partial charge in [0.25, 0.3) is 0 Å². The van der Waals surface area contributed by atoms with Crippen LogP contribution >= 0.6 is 0 Å². The maximum Gasteiger partial charge on any atom is 0.347 e. The number of hydrogen-bond donors (Lipinski definition) is 7. The third-order valence-electron chi connectivity index (χ3n) is 7.30. The van der Waals surface area contributed by atoms with E-state index in [0.29, 0.717) is 6.26 Å². The molecule has 2 aliphatic heterocycles. The lowest BCUT2D eigenvalue weighted by molar-refractivity contribution is -0.345. The van der Waals surface area contributed by atoms with Crippen LogP contribution in [-0.4, -0.2) is 117 Å². The number of rotatable bonds is 9. The van der Waals surface area contributed by atoms with E-state index in [9.17, 15) is 50.1 Å². The topological polar surface area (TPSA) is 248 Å². The lowest BCUT2D eigenvalue weighted by Gasteiger charge is -2.44. The van der Waals surface area contributed by atoms with Crippen molar-refractivity contribution in [2.45, 2.75) is 42.6 Å². The predicted octanol–water partition coefficient (Wildman–Crippen LogP) is -1.87. The highest BCUT2D eigenvalue weighted by Crippen LogP contribution is 2.46. The van der Waals surface area contributed by atoms with Crippen molar-refractivity contribution in [1.29, 1.82) is 0 Å². The average Bonchev–Trinajstić information content (AvgIpc) is 3.36. The third-order valence-corrected chi connectivity index (χ3v) is 7.30. The zero-order valence-corrected chi connectivity index (χ0v) is 22.7. The monoisotopic (exact) mass is 610 g/mol. The van der Waals surface area contributed by atoms with E-state index in [4.69, 9.17) is 28.4 Å². The first-order valence-electron chi connectivity index (χ1n) is 12.7. The van der Waals surface area contributed by atoms with Crippen molar-refractivity contribution < 1.29 is 78.6 Å². The summed E-state index contributed by atoms with van der Waals surface area (Å²) in [6.07, 6.45) is -6.42. The van der Waals surface area contributed by atoms with Gasteiger partial charge in [-0.2, -0.15) is 0 Å². The van der Waals surface area contributed by atoms with Crippen molar-refractivity contribution in [2.75, 3.05) is 20.8 Å². The highest BCUT2D eigenvalue weighted by Gasteiger charge is 2.59. The second kappa shape index (κ2) is 12.7. The molecule has 7 N–H and O–H groups in total. The number of carbonyl (C=O) groups is 3. The Morgan fingerprint density at radius 3 is 2.42 bits per heavy atom. The number of aliphatic hydroxyl groups is 5. The Kier molecular flexibility index (Phi) is 9.41. The van der Waals surface area contributed by atoms with Gasteiger partial charge < -0.3 is 64.2 Å². The summed E-state index contributed by atoms with van der Waals surface area (Å²) in [4.78, 5) is 37.7. The van der Waals surface area contributed by atoms with Gasteiger partial charge in [-0.05, 0) is 23.8 Å². The third kappa shape index (κ3) is 5.94. The average molecular weight is 611 g/mol. The predicted molar refractivity (Wildman–Crippen MR) is 137 cm³/mol. The van der Waals surface area contributed by atoms with Crippen molar-refractivity contribution in [2.24, 2.45) is 11.8 Å². The quantitative estimate of drug-likeness (QED) is 0.0700. The van der Waals surface area contributed by atoms with Crippen LogP contribution in [0.25, 0.3) is 5.57 Å². The molecule has 1 aromatic carbocycles. The minimum Gasteiger partial charge on any atom is -0.504 e. The first-order chi connectivity index (χ1) is 20.4. The Hall–Kier alpha value is -4.03. The number of allylic oxidation sites excluding steroid dienone is 1. The van der Waals surface area contributed by atoms with Crippen LogP contribution in [0.3, 0.4) is 0 Å². The van der Waals surface area contributed by atoms with Crippen LogP contribution in [0.1, 0.15) is 5.56 Å². The zero-order valence-electron chi connectivity index (χ0n) is 22.7. The van der Waals surface area contributed by atoms with Gasteiger partial charge in [-0.15, -0.1) is 0 Å². The number of fused-ring (bicyclic) bond motifs is 1. The fourth-order valence-electron chi connectivity index (χ4n) is 4.96. The second-order valence-corrected chi connectivity index (χ2v) is 9.77. The van der Waals surface area contributed by atoms with E-state index in [2.05, 4.69) is 0 Å². The number of benzene rings is 1. The van der Waals surface area contributed by atoms with Gasteiger partial charge in [0, 0.05) is 5.92 Å². The molecule has 9 atom stereocenters. The number of phenolic OH excluding ortho intramolecular Hbond substituents is 1. The van der Waals surface area contributed by atoms with Gasteiger partial charge in [0.2, 0.25) is 6.29 Å². The number of ether oxygens (including phenoxy) is 6. The second-order valence-electron chi connectivity index (χ2n) is 9.77. The van der Waals surface area contributed by atoms with E-state index >= 15 is 0 Å². The Balaban J connectivity index is 1.65. The van der Waals surface area contributed by atoms with Gasteiger partial charge in [0.05, 0.1) is 38.6 Å². The lowest BCUT2D eigenvalue weighted by atomic mass is 9.79. The molecule has 1 fully saturated rings. The maximum atomic E-state index is 13.3. The van der Waals surface area contributed by atoms with Crippen LogP contribution in [0, 0.1) is 11.8 Å². The van der Waals surface area contributed by atoms with Gasteiger partial charge in [-0.3, -0.25) is 0 Å². The molecule has 0 saturated carbocycles. The van der Waals surface area contributed by atoms with Crippen molar-refractivity contribution in [3.63, 3.8) is 0 Å². The molecule has 0 amide bonds. The van der Waals surface area contributed by atoms with Crippen molar-refractivity contribution in [3.8, 4) is 11.5 Å². The fraction of sp³-hybridized carbons (Fsp3) is 0.444. The number of methoxy groups -OCH3 is 2. The Labute approximate surface area is 243 Å². The molecule has 43 heavy (non-hydrogen) atoms. The summed E-state index contributed by atoms with van der Waals surface area (Å²) in [7, 11) is 2.33. The highest BCUT2D eigenvalue weighted by molar-refractivity contribution is 6.15. The number of esters is 2. The van der Waals surface area contributed by atoms with Gasteiger partial charge in [0.15, 0.2) is 23.4 Å². The largest absolute Gasteiger partial charge is 0.504 e. The minimum absolute atomic E-state index is 0.0254. The number of hydrogen-bond acceptors (Lipinski definition) is 15. The molecule has 0 aromatic heterocycles. The van der Waals surface area contributed by atoms with Crippen LogP contribution in [-0.2, 0) is 38.1 Å². The normalized spacial score (nSPS) is 33.6. The van der Waals surface area contributed by atoms with Gasteiger partial charge in [-0.25, -0.2) is 14.4 Å². The molecule has 4 rings (SSSR count). The number of aliphatic carboxylic acids is 1. The summed E-state index contributed by atoms with van der Waals surface area (Å²) in [6.45, 7) is -0.766. The van der Waals surface area contributed by atoms with Gasteiger partial charge >= 0.3 is 17.9 Å². The number of carboxylic acid groups (broad SMARTS) is 1. The molecule has 16 nitrogen and oxygen atoms in total. The fourth-order valence-corrected chi connectivity index (χ4v) is 4.96. The van der Waals surface area contributed by atoms with Crippen LogP contribution < -0.4 is 4.74 Å². The summed E-state index contributed by atoms with van der Waals surface area (Å²) < 4.78 is 31.3. The minimum atomic E-state index is -2.64. The number of carboxylic acids is 1.